The molecule has 1 fully saturated rings. The van der Waals surface area contributed by atoms with Crippen LogP contribution in [-0.4, -0.2) is 59.2 Å². The van der Waals surface area contributed by atoms with Crippen LogP contribution in [0.5, 0.6) is 0 Å². The number of anilines is 1. The molecule has 1 aromatic heterocycles. The van der Waals surface area contributed by atoms with Crippen LogP contribution in [0.3, 0.4) is 0 Å². The van der Waals surface area contributed by atoms with Gasteiger partial charge in [0.05, 0.1) is 10.7 Å². The Bertz CT molecular complexity index is 1070. The maximum atomic E-state index is 13.4. The van der Waals surface area contributed by atoms with E-state index in [9.17, 15) is 22.8 Å². The van der Waals surface area contributed by atoms with Crippen LogP contribution < -0.4 is 5.32 Å². The maximum absolute atomic E-state index is 13.4. The molecule has 162 valence electrons. The third kappa shape index (κ3) is 5.21. The number of carbonyl (C=O) groups is 1. The molecule has 0 radical (unpaired) electrons. The highest BCUT2D eigenvalue weighted by Crippen LogP contribution is 2.23. The monoisotopic (exact) mass is 503 g/mol. The molecule has 1 amide bonds. The van der Waals surface area contributed by atoms with Gasteiger partial charge in [0.1, 0.15) is 11.5 Å². The molecule has 0 aliphatic carbocycles. The molecule has 2 N–H and O–H groups in total. The first kappa shape index (κ1) is 22.3. The summed E-state index contributed by atoms with van der Waals surface area (Å²) in [5, 5.41) is 22.6. The van der Waals surface area contributed by atoms with Gasteiger partial charge < -0.3 is 10.5 Å². The standard InChI is InChI=1S/C17H19BrFN5O5S/c1-30(27,28)24-6-4-11(5-7-24)17(25)20-16-15(22-29-23-16)14(21-26)9-10-2-3-13(19)12(18)8-10/h2-3,8,11,26H,4-7,9H2,1H3,(H,20,23,25). The zero-order valence-electron chi connectivity index (χ0n) is 15.9. The van der Waals surface area contributed by atoms with E-state index in [-0.39, 0.29) is 47.1 Å². The molecule has 13 heteroatoms. The third-order valence-corrected chi connectivity index (χ3v) is 6.68. The average Bonchev–Trinajstić information content (AvgIpc) is 3.16. The highest BCUT2D eigenvalue weighted by Gasteiger charge is 2.30. The number of benzene rings is 1. The fourth-order valence-corrected chi connectivity index (χ4v) is 4.44. The van der Waals surface area contributed by atoms with Gasteiger partial charge >= 0.3 is 0 Å². The highest BCUT2D eigenvalue weighted by molar-refractivity contribution is 9.10. The minimum absolute atomic E-state index is 0.0143. The molecule has 0 saturated carbocycles. The molecule has 1 aromatic carbocycles. The van der Waals surface area contributed by atoms with Crippen LogP contribution in [0.25, 0.3) is 0 Å². The van der Waals surface area contributed by atoms with Crippen molar-refractivity contribution in [3.8, 4) is 0 Å². The van der Waals surface area contributed by atoms with E-state index in [0.717, 1.165) is 6.26 Å². The van der Waals surface area contributed by atoms with Crippen molar-refractivity contribution in [3.63, 3.8) is 0 Å². The molecule has 3 rings (SSSR count). The molecular weight excluding hydrogens is 485 g/mol. The molecule has 0 unspecified atom stereocenters. The summed E-state index contributed by atoms with van der Waals surface area (Å²) in [5.74, 6) is -1.21. The second-order valence-corrected chi connectivity index (χ2v) is 9.70. The van der Waals surface area contributed by atoms with Gasteiger partial charge in [-0.3, -0.25) is 4.79 Å². The van der Waals surface area contributed by atoms with Gasteiger partial charge in [-0.05, 0) is 56.8 Å². The second kappa shape index (κ2) is 9.18. The Balaban J connectivity index is 1.68. The van der Waals surface area contributed by atoms with E-state index in [0.29, 0.717) is 18.4 Å². The summed E-state index contributed by atoms with van der Waals surface area (Å²) in [5.41, 5.74) is 0.737. The van der Waals surface area contributed by atoms with Crippen molar-refractivity contribution >= 4 is 43.4 Å². The van der Waals surface area contributed by atoms with E-state index < -0.39 is 21.8 Å². The maximum Gasteiger partial charge on any atom is 0.228 e. The number of sulfonamides is 1. The predicted molar refractivity (Wildman–Crippen MR) is 108 cm³/mol. The Kier molecular flexibility index (Phi) is 6.83. The first-order valence-corrected chi connectivity index (χ1v) is 11.6. The molecule has 10 nitrogen and oxygen atoms in total. The van der Waals surface area contributed by atoms with Crippen LogP contribution in [0.1, 0.15) is 24.1 Å². The van der Waals surface area contributed by atoms with Gasteiger partial charge in [-0.25, -0.2) is 21.7 Å². The van der Waals surface area contributed by atoms with Crippen LogP contribution in [0.2, 0.25) is 0 Å². The van der Waals surface area contributed by atoms with Crippen LogP contribution in [0, 0.1) is 11.7 Å². The Labute approximate surface area is 180 Å². The highest BCUT2D eigenvalue weighted by atomic mass is 79.9. The van der Waals surface area contributed by atoms with Crippen LogP contribution >= 0.6 is 15.9 Å². The minimum atomic E-state index is -3.29. The van der Waals surface area contributed by atoms with Gasteiger partial charge in [-0.15, -0.1) is 0 Å². The van der Waals surface area contributed by atoms with E-state index in [1.165, 1.54) is 22.5 Å². The van der Waals surface area contributed by atoms with Crippen LogP contribution in [-0.2, 0) is 21.2 Å². The van der Waals surface area contributed by atoms with Gasteiger partial charge in [0.25, 0.3) is 0 Å². The SMILES string of the molecule is CS(=O)(=O)N1CCC(C(=O)Nc2nonc2C(Cc2ccc(F)c(Br)c2)=NO)CC1. The van der Waals surface area contributed by atoms with Gasteiger partial charge in [-0.1, -0.05) is 11.2 Å². The summed E-state index contributed by atoms with van der Waals surface area (Å²) in [6, 6.07) is 4.31. The number of carbonyl (C=O) groups excluding carboxylic acids is 1. The molecule has 0 bridgehead atoms. The first-order chi connectivity index (χ1) is 14.2. The van der Waals surface area contributed by atoms with E-state index in [2.05, 4.69) is 36.7 Å². The normalized spacial score (nSPS) is 16.6. The molecule has 2 aromatic rings. The van der Waals surface area contributed by atoms with E-state index >= 15 is 0 Å². The molecule has 30 heavy (non-hydrogen) atoms. The van der Waals surface area contributed by atoms with Crippen molar-refractivity contribution in [1.29, 1.82) is 0 Å². The summed E-state index contributed by atoms with van der Waals surface area (Å²) < 4.78 is 42.9. The Morgan fingerprint density at radius 2 is 2.10 bits per heavy atom. The number of piperidine rings is 1. The number of oxime groups is 1. The lowest BCUT2D eigenvalue weighted by molar-refractivity contribution is -0.120. The molecule has 1 aliphatic heterocycles. The molecular formula is C17H19BrFN5O5S. The third-order valence-electron chi connectivity index (χ3n) is 4.77. The molecule has 1 saturated heterocycles. The van der Waals surface area contributed by atoms with Crippen LogP contribution in [0.4, 0.5) is 10.2 Å². The minimum Gasteiger partial charge on any atom is -0.411 e. The van der Waals surface area contributed by atoms with E-state index in [1.54, 1.807) is 0 Å². The lowest BCUT2D eigenvalue weighted by Gasteiger charge is -2.29. The zero-order chi connectivity index (χ0) is 21.9. The number of hydrogen-bond donors (Lipinski definition) is 2. The average molecular weight is 504 g/mol. The summed E-state index contributed by atoms with van der Waals surface area (Å²) in [4.78, 5) is 12.6. The molecule has 0 spiro atoms. The van der Waals surface area contributed by atoms with Gasteiger partial charge in [0.2, 0.25) is 21.7 Å². The fraction of sp³-hybridized carbons (Fsp3) is 0.412. The van der Waals surface area contributed by atoms with Crippen molar-refractivity contribution in [1.82, 2.24) is 14.6 Å². The number of hydrogen-bond acceptors (Lipinski definition) is 8. The summed E-state index contributed by atoms with van der Waals surface area (Å²) >= 11 is 3.09. The van der Waals surface area contributed by atoms with Gasteiger partial charge in [0.15, 0.2) is 5.69 Å². The number of nitrogens with zero attached hydrogens (tertiary/aromatic N) is 4. The van der Waals surface area contributed by atoms with Crippen molar-refractivity contribution in [3.05, 3.63) is 39.7 Å². The lowest BCUT2D eigenvalue weighted by atomic mass is 9.97. The van der Waals surface area contributed by atoms with Crippen LogP contribution in [0.15, 0.2) is 32.5 Å². The molecule has 0 atom stereocenters. The van der Waals surface area contributed by atoms with Crippen molar-refractivity contribution in [2.45, 2.75) is 19.3 Å². The smallest absolute Gasteiger partial charge is 0.228 e. The zero-order valence-corrected chi connectivity index (χ0v) is 18.3. The Morgan fingerprint density at radius 1 is 1.40 bits per heavy atom. The van der Waals surface area contributed by atoms with Crippen molar-refractivity contribution < 1.29 is 27.4 Å². The van der Waals surface area contributed by atoms with Gasteiger partial charge in [-0.2, -0.15) is 0 Å². The van der Waals surface area contributed by atoms with Gasteiger partial charge in [0, 0.05) is 25.4 Å². The summed E-state index contributed by atoms with van der Waals surface area (Å²) in [6.07, 6.45) is 1.95. The predicted octanol–water partition coefficient (Wildman–Crippen LogP) is 2.00. The first-order valence-electron chi connectivity index (χ1n) is 8.92. The lowest BCUT2D eigenvalue weighted by Crippen LogP contribution is -2.41. The topological polar surface area (TPSA) is 138 Å². The summed E-state index contributed by atoms with van der Waals surface area (Å²) in [7, 11) is -3.29. The number of halogens is 2. The number of amides is 1. The number of nitrogens with one attached hydrogen (secondary N) is 1. The summed E-state index contributed by atoms with van der Waals surface area (Å²) in [6.45, 7) is 0.507. The Hall–Kier alpha value is -2.38. The van der Waals surface area contributed by atoms with E-state index in [1.807, 2.05) is 0 Å². The second-order valence-electron chi connectivity index (χ2n) is 6.86. The van der Waals surface area contributed by atoms with E-state index in [4.69, 9.17) is 4.63 Å². The fourth-order valence-electron chi connectivity index (χ4n) is 3.14. The largest absolute Gasteiger partial charge is 0.411 e. The Morgan fingerprint density at radius 3 is 2.70 bits per heavy atom. The van der Waals surface area contributed by atoms with Crippen molar-refractivity contribution in [2.75, 3.05) is 24.7 Å². The quantitative estimate of drug-likeness (QED) is 0.349. The number of aromatic nitrogens is 2. The molecule has 2 heterocycles. The number of rotatable bonds is 6. The van der Waals surface area contributed by atoms with Crippen molar-refractivity contribution in [2.24, 2.45) is 11.1 Å². The molecule has 1 aliphatic rings.